The summed E-state index contributed by atoms with van der Waals surface area (Å²) >= 11 is 0. The van der Waals surface area contributed by atoms with Gasteiger partial charge >= 0.3 is 5.97 Å². The van der Waals surface area contributed by atoms with Crippen molar-refractivity contribution in [3.05, 3.63) is 71.6 Å². The zero-order valence-corrected chi connectivity index (χ0v) is 17.0. The van der Waals surface area contributed by atoms with Crippen LogP contribution in [-0.2, 0) is 9.53 Å². The monoisotopic (exact) mass is 406 g/mol. The third-order valence-electron chi connectivity index (χ3n) is 4.89. The number of rotatable bonds is 6. The molecule has 30 heavy (non-hydrogen) atoms. The second-order valence-corrected chi connectivity index (χ2v) is 6.54. The number of aromatic nitrogens is 3. The van der Waals surface area contributed by atoms with Crippen molar-refractivity contribution in [1.82, 2.24) is 14.8 Å². The Balaban J connectivity index is 2.01. The molecule has 8 heteroatoms. The van der Waals surface area contributed by atoms with E-state index in [1.54, 1.807) is 38.0 Å². The van der Waals surface area contributed by atoms with Crippen LogP contribution in [0.4, 0.5) is 5.95 Å². The van der Waals surface area contributed by atoms with Crippen LogP contribution in [0.1, 0.15) is 24.1 Å². The highest BCUT2D eigenvalue weighted by Gasteiger charge is 2.37. The molecule has 1 N–H and O–H groups in total. The molecule has 1 aromatic heterocycles. The molecule has 0 aliphatic carbocycles. The average molecular weight is 406 g/mol. The predicted molar refractivity (Wildman–Crippen MR) is 111 cm³/mol. The predicted octanol–water partition coefficient (Wildman–Crippen LogP) is 3.28. The Morgan fingerprint density at radius 2 is 1.93 bits per heavy atom. The molecule has 0 amide bonds. The molecular formula is C22H22N4O4. The number of ether oxygens (including phenoxy) is 3. The minimum atomic E-state index is -0.622. The van der Waals surface area contributed by atoms with Gasteiger partial charge in [0.1, 0.15) is 23.9 Å². The summed E-state index contributed by atoms with van der Waals surface area (Å²) in [7, 11) is 3.17. The maximum absolute atomic E-state index is 13.2. The van der Waals surface area contributed by atoms with Gasteiger partial charge in [-0.1, -0.05) is 30.3 Å². The van der Waals surface area contributed by atoms with Gasteiger partial charge in [-0.15, -0.1) is 0 Å². The second kappa shape index (κ2) is 8.28. The topological polar surface area (TPSA) is 87.5 Å². The van der Waals surface area contributed by atoms with Crippen LogP contribution < -0.4 is 14.8 Å². The van der Waals surface area contributed by atoms with E-state index < -0.39 is 12.0 Å². The second-order valence-electron chi connectivity index (χ2n) is 6.54. The highest BCUT2D eigenvalue weighted by atomic mass is 16.5. The van der Waals surface area contributed by atoms with E-state index in [0.717, 1.165) is 5.56 Å². The van der Waals surface area contributed by atoms with Gasteiger partial charge in [0, 0.05) is 5.56 Å². The lowest BCUT2D eigenvalue weighted by Crippen LogP contribution is -2.30. The van der Waals surface area contributed by atoms with Gasteiger partial charge < -0.3 is 19.5 Å². The van der Waals surface area contributed by atoms with E-state index in [1.165, 1.54) is 6.33 Å². The molecule has 1 aliphatic rings. The third kappa shape index (κ3) is 3.36. The number of nitrogens with one attached hydrogen (secondary N) is 1. The Bertz CT molecular complexity index is 1090. The molecule has 0 saturated heterocycles. The highest BCUT2D eigenvalue weighted by Crippen LogP contribution is 2.42. The average Bonchev–Trinajstić information content (AvgIpc) is 3.26. The summed E-state index contributed by atoms with van der Waals surface area (Å²) < 4.78 is 18.1. The van der Waals surface area contributed by atoms with Crippen LogP contribution in [0, 0.1) is 0 Å². The lowest BCUT2D eigenvalue weighted by atomic mass is 9.92. The van der Waals surface area contributed by atoms with Crippen molar-refractivity contribution in [2.45, 2.75) is 13.0 Å². The number of benzene rings is 2. The van der Waals surface area contributed by atoms with Crippen molar-refractivity contribution in [3.8, 4) is 11.5 Å². The summed E-state index contributed by atoms with van der Waals surface area (Å²) in [5.41, 5.74) is 2.57. The zero-order chi connectivity index (χ0) is 21.1. The Hall–Kier alpha value is -3.81. The fourth-order valence-corrected chi connectivity index (χ4v) is 3.56. The minimum Gasteiger partial charge on any atom is -0.497 e. The number of nitrogens with zero attached hydrogens (tertiary/aromatic N) is 3. The Labute approximate surface area is 174 Å². The van der Waals surface area contributed by atoms with Crippen LogP contribution >= 0.6 is 0 Å². The first-order valence-corrected chi connectivity index (χ1v) is 9.53. The number of esters is 1. The van der Waals surface area contributed by atoms with E-state index in [0.29, 0.717) is 34.3 Å². The van der Waals surface area contributed by atoms with Crippen LogP contribution in [0.15, 0.2) is 60.4 Å². The van der Waals surface area contributed by atoms with Crippen LogP contribution in [0.25, 0.3) is 5.70 Å². The lowest BCUT2D eigenvalue weighted by Gasteiger charge is -2.30. The normalized spacial score (nSPS) is 15.2. The standard InChI is InChI=1S/C22H22N4O4/c1-4-30-21(27)18-19(14-8-6-5-7-9-14)25-22-23-13-24-26(22)20(18)16-12-15(28-2)10-11-17(16)29-3/h5-13,20H,4H2,1-3H3,(H,23,24,25)/t20-/m0/s1. The highest BCUT2D eigenvalue weighted by molar-refractivity contribution is 6.02. The molecule has 4 rings (SSSR count). The number of carbonyl (C=O) groups is 1. The fourth-order valence-electron chi connectivity index (χ4n) is 3.56. The first-order chi connectivity index (χ1) is 14.7. The third-order valence-corrected chi connectivity index (χ3v) is 4.89. The number of anilines is 1. The fraction of sp³-hybridized carbons (Fsp3) is 0.227. The maximum Gasteiger partial charge on any atom is 0.338 e. The molecule has 8 nitrogen and oxygen atoms in total. The molecule has 0 spiro atoms. The van der Waals surface area contributed by atoms with Crippen molar-refractivity contribution in [3.63, 3.8) is 0 Å². The number of hydrogen-bond donors (Lipinski definition) is 1. The summed E-state index contributed by atoms with van der Waals surface area (Å²) in [6.07, 6.45) is 1.44. The molecule has 0 radical (unpaired) electrons. The van der Waals surface area contributed by atoms with E-state index in [2.05, 4.69) is 15.4 Å². The van der Waals surface area contributed by atoms with Crippen LogP contribution in [0.2, 0.25) is 0 Å². The van der Waals surface area contributed by atoms with Crippen LogP contribution in [0.3, 0.4) is 0 Å². The Morgan fingerprint density at radius 3 is 2.63 bits per heavy atom. The van der Waals surface area contributed by atoms with Crippen molar-refractivity contribution in [1.29, 1.82) is 0 Å². The van der Waals surface area contributed by atoms with Gasteiger partial charge in [-0.3, -0.25) is 0 Å². The molecule has 0 fully saturated rings. The van der Waals surface area contributed by atoms with Crippen LogP contribution in [-0.4, -0.2) is 41.6 Å². The summed E-state index contributed by atoms with van der Waals surface area (Å²) in [5, 5.41) is 7.62. The molecule has 3 aromatic rings. The van der Waals surface area contributed by atoms with Crippen molar-refractivity contribution in [2.75, 3.05) is 26.1 Å². The van der Waals surface area contributed by atoms with E-state index in [-0.39, 0.29) is 6.61 Å². The van der Waals surface area contributed by atoms with Gasteiger partial charge in [0.25, 0.3) is 0 Å². The van der Waals surface area contributed by atoms with Gasteiger partial charge in [-0.2, -0.15) is 10.1 Å². The van der Waals surface area contributed by atoms with Crippen molar-refractivity contribution in [2.24, 2.45) is 0 Å². The summed E-state index contributed by atoms with van der Waals surface area (Å²) in [6.45, 7) is 2.02. The van der Waals surface area contributed by atoms with Gasteiger partial charge in [0.05, 0.1) is 32.1 Å². The molecule has 1 atom stereocenters. The number of hydrogen-bond acceptors (Lipinski definition) is 7. The molecule has 0 bridgehead atoms. The summed E-state index contributed by atoms with van der Waals surface area (Å²) in [4.78, 5) is 17.5. The van der Waals surface area contributed by atoms with Gasteiger partial charge in [0.15, 0.2) is 0 Å². The Morgan fingerprint density at radius 1 is 1.13 bits per heavy atom. The molecule has 0 unspecified atom stereocenters. The van der Waals surface area contributed by atoms with Gasteiger partial charge in [-0.25, -0.2) is 9.48 Å². The lowest BCUT2D eigenvalue weighted by molar-refractivity contribution is -0.138. The van der Waals surface area contributed by atoms with Crippen LogP contribution in [0.5, 0.6) is 11.5 Å². The molecule has 2 aromatic carbocycles. The van der Waals surface area contributed by atoms with Crippen molar-refractivity contribution >= 4 is 17.6 Å². The van der Waals surface area contributed by atoms with Gasteiger partial charge in [-0.05, 0) is 30.7 Å². The number of fused-ring (bicyclic) bond motifs is 1. The molecule has 154 valence electrons. The smallest absolute Gasteiger partial charge is 0.338 e. The minimum absolute atomic E-state index is 0.247. The van der Waals surface area contributed by atoms with Gasteiger partial charge in [0.2, 0.25) is 5.95 Å². The summed E-state index contributed by atoms with van der Waals surface area (Å²) in [5.74, 6) is 1.30. The zero-order valence-electron chi connectivity index (χ0n) is 17.0. The number of carbonyl (C=O) groups excluding carboxylic acids is 1. The molecule has 0 saturated carbocycles. The van der Waals surface area contributed by atoms with E-state index in [1.807, 2.05) is 36.4 Å². The first kappa shape index (κ1) is 19.5. The Kier molecular flexibility index (Phi) is 5.38. The molecule has 1 aliphatic heterocycles. The number of methoxy groups -OCH3 is 2. The first-order valence-electron chi connectivity index (χ1n) is 9.53. The molecule has 2 heterocycles. The van der Waals surface area contributed by atoms with Crippen molar-refractivity contribution < 1.29 is 19.0 Å². The quantitative estimate of drug-likeness (QED) is 0.629. The summed E-state index contributed by atoms with van der Waals surface area (Å²) in [6, 6.07) is 14.4. The van der Waals surface area contributed by atoms with E-state index in [9.17, 15) is 4.79 Å². The maximum atomic E-state index is 13.2. The largest absolute Gasteiger partial charge is 0.497 e. The van der Waals surface area contributed by atoms with E-state index >= 15 is 0 Å². The SMILES string of the molecule is CCOC(=O)C1=C(c2ccccc2)Nc2ncnn2[C@H]1c1cc(OC)ccc1OC. The molecular weight excluding hydrogens is 384 g/mol. The van der Waals surface area contributed by atoms with E-state index in [4.69, 9.17) is 14.2 Å².